The lowest BCUT2D eigenvalue weighted by Crippen LogP contribution is -2.61. The van der Waals surface area contributed by atoms with E-state index >= 15 is 0 Å². The van der Waals surface area contributed by atoms with Crippen molar-refractivity contribution in [2.24, 2.45) is 7.05 Å². The lowest BCUT2D eigenvalue weighted by atomic mass is 9.95. The Morgan fingerprint density at radius 1 is 1.23 bits per heavy atom. The minimum absolute atomic E-state index is 0.0377. The zero-order valence-corrected chi connectivity index (χ0v) is 14.7. The molecule has 138 valence electrons. The number of carboxylic acid groups (broad SMARTS) is 1. The third-order valence-electron chi connectivity index (χ3n) is 5.54. The number of benzene rings is 1. The fourth-order valence-corrected chi connectivity index (χ4v) is 3.90. The number of fused-ring (bicyclic) bond motifs is 1. The molecule has 1 N–H and O–H groups in total. The van der Waals surface area contributed by atoms with Crippen LogP contribution in [0.2, 0.25) is 0 Å². The first-order valence-corrected chi connectivity index (χ1v) is 8.78. The SMILES string of the molecule is Cn1cnc2cc(C(=O)N3CCN(C4(C(=O)O)CCOC4)CC3)ccc21. The molecule has 2 aromatic rings. The molecule has 0 saturated carbocycles. The standard InChI is InChI=1S/C18H22N4O4/c1-20-12-19-14-10-13(2-3-15(14)20)16(23)21-5-7-22(8-6-21)18(17(24)25)4-9-26-11-18/h2-3,10,12H,4-9,11H2,1H3,(H,24,25). The molecule has 1 aromatic heterocycles. The van der Waals surface area contributed by atoms with Gasteiger partial charge >= 0.3 is 5.97 Å². The second-order valence-corrected chi connectivity index (χ2v) is 6.98. The highest BCUT2D eigenvalue weighted by molar-refractivity contribution is 5.97. The molecule has 1 unspecified atom stereocenters. The number of carbonyl (C=O) groups excluding carboxylic acids is 1. The van der Waals surface area contributed by atoms with Crippen molar-refractivity contribution in [2.45, 2.75) is 12.0 Å². The van der Waals surface area contributed by atoms with E-state index in [1.807, 2.05) is 34.7 Å². The molecule has 26 heavy (non-hydrogen) atoms. The van der Waals surface area contributed by atoms with Gasteiger partial charge < -0.3 is 19.3 Å². The number of imidazole rings is 1. The molecule has 0 radical (unpaired) electrons. The first kappa shape index (κ1) is 17.0. The lowest BCUT2D eigenvalue weighted by Gasteiger charge is -2.42. The smallest absolute Gasteiger partial charge is 0.326 e. The van der Waals surface area contributed by atoms with Gasteiger partial charge in [-0.2, -0.15) is 0 Å². The van der Waals surface area contributed by atoms with E-state index < -0.39 is 11.5 Å². The molecule has 1 amide bonds. The number of aromatic nitrogens is 2. The van der Waals surface area contributed by atoms with Crippen LogP contribution in [-0.2, 0) is 16.6 Å². The van der Waals surface area contributed by atoms with E-state index in [0.29, 0.717) is 44.8 Å². The Labute approximate surface area is 151 Å². The van der Waals surface area contributed by atoms with Crippen molar-refractivity contribution in [3.8, 4) is 0 Å². The minimum Gasteiger partial charge on any atom is -0.480 e. The van der Waals surface area contributed by atoms with Gasteiger partial charge in [0.25, 0.3) is 5.91 Å². The summed E-state index contributed by atoms with van der Waals surface area (Å²) in [5.41, 5.74) is 1.45. The van der Waals surface area contributed by atoms with E-state index in [4.69, 9.17) is 4.74 Å². The van der Waals surface area contributed by atoms with E-state index in [1.54, 1.807) is 11.2 Å². The van der Waals surface area contributed by atoms with Crippen molar-refractivity contribution in [1.29, 1.82) is 0 Å². The zero-order valence-electron chi connectivity index (χ0n) is 14.7. The number of carbonyl (C=O) groups is 2. The molecule has 0 spiro atoms. The first-order chi connectivity index (χ1) is 12.5. The van der Waals surface area contributed by atoms with E-state index in [1.165, 1.54) is 0 Å². The molecule has 2 fully saturated rings. The van der Waals surface area contributed by atoms with Gasteiger partial charge in [0, 0.05) is 51.8 Å². The normalized spacial score (nSPS) is 24.3. The second kappa shape index (κ2) is 6.37. The monoisotopic (exact) mass is 358 g/mol. The van der Waals surface area contributed by atoms with Gasteiger partial charge in [0.05, 0.1) is 24.0 Å². The number of amides is 1. The van der Waals surface area contributed by atoms with E-state index in [2.05, 4.69) is 4.98 Å². The summed E-state index contributed by atoms with van der Waals surface area (Å²) < 4.78 is 7.26. The second-order valence-electron chi connectivity index (χ2n) is 6.98. The molecular weight excluding hydrogens is 336 g/mol. The Kier molecular flexibility index (Phi) is 4.16. The van der Waals surface area contributed by atoms with Crippen molar-refractivity contribution in [3.05, 3.63) is 30.1 Å². The molecular formula is C18H22N4O4. The van der Waals surface area contributed by atoms with Gasteiger partial charge in [0.15, 0.2) is 0 Å². The first-order valence-electron chi connectivity index (χ1n) is 8.78. The fraction of sp³-hybridized carbons (Fsp3) is 0.500. The molecule has 8 heteroatoms. The Hall–Kier alpha value is -2.45. The highest BCUT2D eigenvalue weighted by Gasteiger charge is 2.48. The van der Waals surface area contributed by atoms with Crippen LogP contribution < -0.4 is 0 Å². The average Bonchev–Trinajstić information content (AvgIpc) is 3.29. The largest absolute Gasteiger partial charge is 0.480 e. The maximum atomic E-state index is 12.8. The van der Waals surface area contributed by atoms with Crippen LogP contribution >= 0.6 is 0 Å². The van der Waals surface area contributed by atoms with Crippen molar-refractivity contribution in [3.63, 3.8) is 0 Å². The summed E-state index contributed by atoms with van der Waals surface area (Å²) in [7, 11) is 1.92. The molecule has 8 nitrogen and oxygen atoms in total. The zero-order chi connectivity index (χ0) is 18.3. The van der Waals surface area contributed by atoms with Crippen LogP contribution in [0.25, 0.3) is 11.0 Å². The van der Waals surface area contributed by atoms with Gasteiger partial charge in [-0.15, -0.1) is 0 Å². The third kappa shape index (κ3) is 2.65. The maximum Gasteiger partial charge on any atom is 0.326 e. The Bertz CT molecular complexity index is 848. The fourth-order valence-electron chi connectivity index (χ4n) is 3.90. The number of piperazine rings is 1. The van der Waals surface area contributed by atoms with Crippen LogP contribution in [0.15, 0.2) is 24.5 Å². The summed E-state index contributed by atoms with van der Waals surface area (Å²) in [6.07, 6.45) is 2.22. The topological polar surface area (TPSA) is 87.9 Å². The predicted octanol–water partition coefficient (Wildman–Crippen LogP) is 0.575. The average molecular weight is 358 g/mol. The quantitative estimate of drug-likeness (QED) is 0.863. The van der Waals surface area contributed by atoms with Gasteiger partial charge in [-0.3, -0.25) is 14.5 Å². The summed E-state index contributed by atoms with van der Waals surface area (Å²) >= 11 is 0. The highest BCUT2D eigenvalue weighted by Crippen LogP contribution is 2.28. The van der Waals surface area contributed by atoms with Crippen LogP contribution in [0.5, 0.6) is 0 Å². The molecule has 2 saturated heterocycles. The Balaban J connectivity index is 1.46. The van der Waals surface area contributed by atoms with Crippen molar-refractivity contribution in [2.75, 3.05) is 39.4 Å². The van der Waals surface area contributed by atoms with Gasteiger partial charge in [-0.05, 0) is 18.2 Å². The number of carboxylic acids is 1. The van der Waals surface area contributed by atoms with E-state index in [0.717, 1.165) is 11.0 Å². The van der Waals surface area contributed by atoms with Gasteiger partial charge in [0.2, 0.25) is 0 Å². The number of aryl methyl sites for hydroxylation is 1. The number of hydrogen-bond acceptors (Lipinski definition) is 5. The lowest BCUT2D eigenvalue weighted by molar-refractivity contribution is -0.152. The highest BCUT2D eigenvalue weighted by atomic mass is 16.5. The number of rotatable bonds is 3. The van der Waals surface area contributed by atoms with Crippen LogP contribution in [0.3, 0.4) is 0 Å². The van der Waals surface area contributed by atoms with Crippen LogP contribution in [0.4, 0.5) is 0 Å². The summed E-state index contributed by atoms with van der Waals surface area (Å²) in [6.45, 7) is 2.77. The molecule has 0 aliphatic carbocycles. The van der Waals surface area contributed by atoms with E-state index in [9.17, 15) is 14.7 Å². The molecule has 3 heterocycles. The maximum absolute atomic E-state index is 12.8. The summed E-state index contributed by atoms with van der Waals surface area (Å²) in [5, 5.41) is 9.66. The molecule has 2 aliphatic rings. The van der Waals surface area contributed by atoms with Crippen LogP contribution in [0.1, 0.15) is 16.8 Å². The molecule has 1 atom stereocenters. The summed E-state index contributed by atoms with van der Waals surface area (Å²) in [4.78, 5) is 32.6. The number of hydrogen-bond donors (Lipinski definition) is 1. The summed E-state index contributed by atoms with van der Waals surface area (Å²) in [6, 6.07) is 5.54. The molecule has 2 aliphatic heterocycles. The van der Waals surface area contributed by atoms with Gasteiger partial charge in [-0.25, -0.2) is 4.98 Å². The predicted molar refractivity (Wildman–Crippen MR) is 94.0 cm³/mol. The molecule has 1 aromatic carbocycles. The third-order valence-corrected chi connectivity index (χ3v) is 5.54. The van der Waals surface area contributed by atoms with Gasteiger partial charge in [0.1, 0.15) is 5.54 Å². The number of nitrogens with zero attached hydrogens (tertiary/aromatic N) is 4. The Morgan fingerprint density at radius 3 is 2.65 bits per heavy atom. The number of ether oxygens (including phenoxy) is 1. The van der Waals surface area contributed by atoms with Gasteiger partial charge in [-0.1, -0.05) is 0 Å². The molecule has 0 bridgehead atoms. The molecule has 4 rings (SSSR count). The van der Waals surface area contributed by atoms with E-state index in [-0.39, 0.29) is 12.5 Å². The van der Waals surface area contributed by atoms with Crippen LogP contribution in [-0.4, -0.2) is 81.3 Å². The summed E-state index contributed by atoms with van der Waals surface area (Å²) in [5.74, 6) is -0.875. The Morgan fingerprint density at radius 2 is 2.00 bits per heavy atom. The van der Waals surface area contributed by atoms with Crippen molar-refractivity contribution >= 4 is 22.9 Å². The number of aliphatic carboxylic acids is 1. The minimum atomic E-state index is -0.942. The van der Waals surface area contributed by atoms with Crippen molar-refractivity contribution < 1.29 is 19.4 Å². The van der Waals surface area contributed by atoms with Crippen molar-refractivity contribution in [1.82, 2.24) is 19.4 Å². The van der Waals surface area contributed by atoms with Crippen LogP contribution in [0, 0.1) is 0 Å².